The summed E-state index contributed by atoms with van der Waals surface area (Å²) in [4.78, 5) is 0. The van der Waals surface area contributed by atoms with E-state index in [0.717, 1.165) is 33.1 Å². The largest absolute Gasteiger partial charge is 0.324 e. The highest BCUT2D eigenvalue weighted by Crippen LogP contribution is 2.39. The van der Waals surface area contributed by atoms with Crippen LogP contribution in [-0.2, 0) is 19.3 Å². The van der Waals surface area contributed by atoms with Gasteiger partial charge >= 0.3 is 0 Å². The van der Waals surface area contributed by atoms with Crippen molar-refractivity contribution in [1.82, 2.24) is 24.5 Å². The Morgan fingerprint density at radius 1 is 1.40 bits per heavy atom. The lowest BCUT2D eigenvalue weighted by Crippen LogP contribution is -2.08. The van der Waals surface area contributed by atoms with E-state index in [1.165, 1.54) is 12.8 Å². The summed E-state index contributed by atoms with van der Waals surface area (Å²) in [5, 5.41) is 14.4. The monoisotopic (exact) mass is 312 g/mol. The Bertz CT molecular complexity index is 630. The summed E-state index contributed by atoms with van der Waals surface area (Å²) >= 11 is 7.90. The molecule has 2 N–H and O–H groups in total. The van der Waals surface area contributed by atoms with Crippen LogP contribution < -0.4 is 5.73 Å². The van der Waals surface area contributed by atoms with Gasteiger partial charge in [0.1, 0.15) is 5.82 Å². The van der Waals surface area contributed by atoms with Crippen LogP contribution in [0.25, 0.3) is 0 Å². The molecule has 0 atom stereocenters. The molecule has 0 amide bonds. The molecule has 1 aliphatic carbocycles. The van der Waals surface area contributed by atoms with Crippen LogP contribution in [0.15, 0.2) is 5.16 Å². The summed E-state index contributed by atoms with van der Waals surface area (Å²) < 4.78 is 3.99. The maximum atomic E-state index is 6.27. The Balaban J connectivity index is 1.80. The summed E-state index contributed by atoms with van der Waals surface area (Å²) in [5.41, 5.74) is 7.59. The van der Waals surface area contributed by atoms with Gasteiger partial charge in [-0.25, -0.2) is 0 Å². The smallest absolute Gasteiger partial charge is 0.191 e. The fourth-order valence-electron chi connectivity index (χ4n) is 2.21. The molecule has 108 valence electrons. The summed E-state index contributed by atoms with van der Waals surface area (Å²) in [6.07, 6.45) is 2.37. The number of aromatic nitrogens is 5. The fourth-order valence-corrected chi connectivity index (χ4v) is 3.61. The Labute approximate surface area is 126 Å². The lowest BCUT2D eigenvalue weighted by atomic mass is 10.4. The van der Waals surface area contributed by atoms with Gasteiger partial charge in [0.25, 0.3) is 0 Å². The number of nitrogens with zero attached hydrogens (tertiary/aromatic N) is 5. The Hall–Kier alpha value is -1.05. The van der Waals surface area contributed by atoms with Crippen LogP contribution in [0, 0.1) is 6.92 Å². The van der Waals surface area contributed by atoms with Crippen LogP contribution in [0.1, 0.15) is 36.1 Å². The molecule has 2 aromatic rings. The standard InChI is InChI=1S/C12H17ClN6S/c1-7-11(13)9(18(2)17-7)6-20-12-16-15-10(5-14)19(12)8-3-4-8/h8H,3-6,14H2,1-2H3. The highest BCUT2D eigenvalue weighted by atomic mass is 35.5. The maximum absolute atomic E-state index is 6.27. The molecule has 0 spiro atoms. The fraction of sp³-hybridized carbons (Fsp3) is 0.583. The molecule has 0 aromatic carbocycles. The van der Waals surface area contributed by atoms with Crippen LogP contribution in [0.4, 0.5) is 0 Å². The van der Waals surface area contributed by atoms with Gasteiger partial charge in [0.05, 0.1) is 23.0 Å². The number of halogens is 1. The first-order valence-corrected chi connectivity index (χ1v) is 7.92. The summed E-state index contributed by atoms with van der Waals surface area (Å²) in [6.45, 7) is 2.34. The molecule has 6 nitrogen and oxygen atoms in total. The van der Waals surface area contributed by atoms with Crippen molar-refractivity contribution in [3.05, 3.63) is 22.2 Å². The van der Waals surface area contributed by atoms with Gasteiger partial charge in [-0.3, -0.25) is 4.68 Å². The minimum Gasteiger partial charge on any atom is -0.324 e. The lowest BCUT2D eigenvalue weighted by molar-refractivity contribution is 0.626. The van der Waals surface area contributed by atoms with Gasteiger partial charge in [-0.2, -0.15) is 5.10 Å². The minimum absolute atomic E-state index is 0.426. The highest BCUT2D eigenvalue weighted by molar-refractivity contribution is 7.98. The minimum atomic E-state index is 0.426. The first-order valence-electron chi connectivity index (χ1n) is 6.56. The molecule has 2 heterocycles. The van der Waals surface area contributed by atoms with E-state index in [1.54, 1.807) is 11.8 Å². The SMILES string of the molecule is Cc1nn(C)c(CSc2nnc(CN)n2C2CC2)c1Cl. The van der Waals surface area contributed by atoms with Crippen molar-refractivity contribution in [2.45, 2.75) is 43.3 Å². The van der Waals surface area contributed by atoms with Gasteiger partial charge < -0.3 is 10.3 Å². The van der Waals surface area contributed by atoms with Crippen LogP contribution >= 0.6 is 23.4 Å². The number of thioether (sulfide) groups is 1. The molecular formula is C12H17ClN6S. The number of hydrogen-bond acceptors (Lipinski definition) is 5. The van der Waals surface area contributed by atoms with Crippen molar-refractivity contribution in [1.29, 1.82) is 0 Å². The van der Waals surface area contributed by atoms with Gasteiger partial charge in [0, 0.05) is 18.8 Å². The van der Waals surface area contributed by atoms with Crippen molar-refractivity contribution in [3.63, 3.8) is 0 Å². The topological polar surface area (TPSA) is 74.6 Å². The van der Waals surface area contributed by atoms with E-state index >= 15 is 0 Å². The molecule has 3 rings (SSSR count). The number of nitrogens with two attached hydrogens (primary N) is 1. The van der Waals surface area contributed by atoms with Gasteiger partial charge in [-0.15, -0.1) is 10.2 Å². The van der Waals surface area contributed by atoms with Crippen LogP contribution in [-0.4, -0.2) is 24.5 Å². The average Bonchev–Trinajstić information content (AvgIpc) is 3.13. The first-order chi connectivity index (χ1) is 9.61. The highest BCUT2D eigenvalue weighted by Gasteiger charge is 2.29. The molecule has 0 unspecified atom stereocenters. The molecular weight excluding hydrogens is 296 g/mol. The van der Waals surface area contributed by atoms with Crippen LogP contribution in [0.2, 0.25) is 5.02 Å². The van der Waals surface area contributed by atoms with Crippen molar-refractivity contribution in [2.24, 2.45) is 12.8 Å². The molecule has 2 aromatic heterocycles. The van der Waals surface area contributed by atoms with Gasteiger partial charge in [-0.05, 0) is 19.8 Å². The molecule has 20 heavy (non-hydrogen) atoms. The lowest BCUT2D eigenvalue weighted by Gasteiger charge is -2.07. The van der Waals surface area contributed by atoms with E-state index in [0.29, 0.717) is 12.6 Å². The van der Waals surface area contributed by atoms with E-state index in [4.69, 9.17) is 17.3 Å². The van der Waals surface area contributed by atoms with E-state index in [2.05, 4.69) is 19.9 Å². The second-order valence-electron chi connectivity index (χ2n) is 4.96. The van der Waals surface area contributed by atoms with Gasteiger partial charge in [0.2, 0.25) is 0 Å². The predicted octanol–water partition coefficient (Wildman–Crippen LogP) is 2.06. The molecule has 1 aliphatic rings. The van der Waals surface area contributed by atoms with Crippen molar-refractivity contribution in [3.8, 4) is 0 Å². The quantitative estimate of drug-likeness (QED) is 0.855. The predicted molar refractivity (Wildman–Crippen MR) is 78.7 cm³/mol. The van der Waals surface area contributed by atoms with Crippen molar-refractivity contribution < 1.29 is 0 Å². The van der Waals surface area contributed by atoms with Gasteiger partial charge in [0.15, 0.2) is 5.16 Å². The molecule has 8 heteroatoms. The zero-order valence-electron chi connectivity index (χ0n) is 11.5. The van der Waals surface area contributed by atoms with E-state index in [9.17, 15) is 0 Å². The van der Waals surface area contributed by atoms with E-state index < -0.39 is 0 Å². The average molecular weight is 313 g/mol. The third-order valence-electron chi connectivity index (χ3n) is 3.43. The number of aryl methyl sites for hydroxylation is 2. The number of hydrogen-bond donors (Lipinski definition) is 1. The Morgan fingerprint density at radius 3 is 2.70 bits per heavy atom. The molecule has 0 bridgehead atoms. The summed E-state index contributed by atoms with van der Waals surface area (Å²) in [6, 6.07) is 0.523. The molecule has 1 saturated carbocycles. The Kier molecular flexibility index (Phi) is 3.74. The zero-order valence-corrected chi connectivity index (χ0v) is 13.1. The van der Waals surface area contributed by atoms with E-state index in [1.807, 2.05) is 18.7 Å². The molecule has 1 fully saturated rings. The van der Waals surface area contributed by atoms with Crippen molar-refractivity contribution >= 4 is 23.4 Å². The van der Waals surface area contributed by atoms with Crippen LogP contribution in [0.3, 0.4) is 0 Å². The van der Waals surface area contributed by atoms with E-state index in [-0.39, 0.29) is 0 Å². The third-order valence-corrected chi connectivity index (χ3v) is 4.88. The maximum Gasteiger partial charge on any atom is 0.191 e. The molecule has 0 radical (unpaired) electrons. The summed E-state index contributed by atoms with van der Waals surface area (Å²) in [7, 11) is 1.91. The second kappa shape index (κ2) is 5.38. The van der Waals surface area contributed by atoms with Crippen molar-refractivity contribution in [2.75, 3.05) is 0 Å². The summed E-state index contributed by atoms with van der Waals surface area (Å²) in [5.74, 6) is 1.59. The van der Waals surface area contributed by atoms with Crippen LogP contribution in [0.5, 0.6) is 0 Å². The first kappa shape index (κ1) is 13.9. The normalized spacial score (nSPS) is 15.0. The van der Waals surface area contributed by atoms with Gasteiger partial charge in [-0.1, -0.05) is 23.4 Å². The zero-order chi connectivity index (χ0) is 14.3. The second-order valence-corrected chi connectivity index (χ2v) is 6.28. The third kappa shape index (κ3) is 2.45. The molecule has 0 saturated heterocycles. The number of rotatable bonds is 5. The Morgan fingerprint density at radius 2 is 2.15 bits per heavy atom. The molecule has 0 aliphatic heterocycles.